The zero-order valence-corrected chi connectivity index (χ0v) is 12.0. The van der Waals surface area contributed by atoms with Crippen molar-refractivity contribution in [2.45, 2.75) is 26.2 Å². The molecule has 0 bridgehead atoms. The number of nitrogens with two attached hydrogens (primary N) is 1. The van der Waals surface area contributed by atoms with Crippen LogP contribution in [0, 0.1) is 19.7 Å². The molecule has 0 fully saturated rings. The summed E-state index contributed by atoms with van der Waals surface area (Å²) in [5.74, 6) is -1.42. The van der Waals surface area contributed by atoms with Gasteiger partial charge in [-0.05, 0) is 38.0 Å². The standard InChI is InChI=1S/C14H15ClFN3O/c1-7-13(8(2)19-18-7)11(14(17)20)5-9-3-4-10(16)6-12(9)15/h3-4,6,11H,5H2,1-2H3,(H2,17,20)(H,18,19). The maximum absolute atomic E-state index is 13.1. The first-order valence-electron chi connectivity index (χ1n) is 6.15. The maximum atomic E-state index is 13.1. The van der Waals surface area contributed by atoms with Crippen LogP contribution in [-0.2, 0) is 11.2 Å². The third-order valence-electron chi connectivity index (χ3n) is 3.32. The first kappa shape index (κ1) is 14.5. The molecule has 0 aliphatic rings. The van der Waals surface area contributed by atoms with Gasteiger partial charge in [0.05, 0.1) is 11.6 Å². The van der Waals surface area contributed by atoms with Gasteiger partial charge in [-0.2, -0.15) is 5.10 Å². The van der Waals surface area contributed by atoms with E-state index in [9.17, 15) is 9.18 Å². The van der Waals surface area contributed by atoms with Crippen LogP contribution in [0.2, 0.25) is 5.02 Å². The Bertz CT molecular complexity index is 634. The molecule has 0 radical (unpaired) electrons. The summed E-state index contributed by atoms with van der Waals surface area (Å²) >= 11 is 6.00. The van der Waals surface area contributed by atoms with Gasteiger partial charge in [-0.25, -0.2) is 4.39 Å². The number of carbonyl (C=O) groups is 1. The third kappa shape index (κ3) is 2.82. The average Bonchev–Trinajstić information content (AvgIpc) is 2.68. The molecule has 1 amide bonds. The summed E-state index contributed by atoms with van der Waals surface area (Å²) in [7, 11) is 0. The van der Waals surface area contributed by atoms with Crippen molar-refractivity contribution in [1.29, 1.82) is 0 Å². The maximum Gasteiger partial charge on any atom is 0.225 e. The quantitative estimate of drug-likeness (QED) is 0.910. The van der Waals surface area contributed by atoms with Crippen LogP contribution in [0.25, 0.3) is 0 Å². The Hall–Kier alpha value is -1.88. The highest BCUT2D eigenvalue weighted by atomic mass is 35.5. The van der Waals surface area contributed by atoms with E-state index in [1.807, 2.05) is 6.92 Å². The number of halogens is 2. The van der Waals surface area contributed by atoms with Crippen LogP contribution in [0.15, 0.2) is 18.2 Å². The van der Waals surface area contributed by atoms with Crippen molar-refractivity contribution in [3.63, 3.8) is 0 Å². The number of aromatic nitrogens is 2. The normalized spacial score (nSPS) is 12.4. The fourth-order valence-electron chi connectivity index (χ4n) is 2.33. The zero-order chi connectivity index (χ0) is 14.9. The van der Waals surface area contributed by atoms with Gasteiger partial charge in [0.1, 0.15) is 5.82 Å². The number of H-pyrrole nitrogens is 1. The summed E-state index contributed by atoms with van der Waals surface area (Å²) in [5.41, 5.74) is 8.47. The van der Waals surface area contributed by atoms with Crippen LogP contribution < -0.4 is 5.73 Å². The lowest BCUT2D eigenvalue weighted by molar-refractivity contribution is -0.119. The first-order valence-corrected chi connectivity index (χ1v) is 6.52. The molecule has 0 spiro atoms. The smallest absolute Gasteiger partial charge is 0.225 e. The van der Waals surface area contributed by atoms with Crippen molar-refractivity contribution < 1.29 is 9.18 Å². The molecular weight excluding hydrogens is 281 g/mol. The Morgan fingerprint density at radius 1 is 1.50 bits per heavy atom. The summed E-state index contributed by atoms with van der Waals surface area (Å²) in [4.78, 5) is 11.7. The minimum absolute atomic E-state index is 0.287. The second kappa shape index (κ2) is 5.63. The predicted octanol–water partition coefficient (Wildman–Crippen LogP) is 2.63. The zero-order valence-electron chi connectivity index (χ0n) is 11.2. The van der Waals surface area contributed by atoms with Gasteiger partial charge in [-0.3, -0.25) is 9.89 Å². The Balaban J connectivity index is 2.38. The van der Waals surface area contributed by atoms with E-state index >= 15 is 0 Å². The fourth-order valence-corrected chi connectivity index (χ4v) is 2.57. The number of primary amides is 1. The second-order valence-electron chi connectivity index (χ2n) is 4.74. The molecule has 1 atom stereocenters. The van der Waals surface area contributed by atoms with E-state index in [0.29, 0.717) is 12.0 Å². The minimum Gasteiger partial charge on any atom is -0.369 e. The van der Waals surface area contributed by atoms with Crippen LogP contribution in [0.4, 0.5) is 4.39 Å². The second-order valence-corrected chi connectivity index (χ2v) is 5.15. The molecular formula is C14H15ClFN3O. The Morgan fingerprint density at radius 3 is 2.70 bits per heavy atom. The van der Waals surface area contributed by atoms with Crippen molar-refractivity contribution in [3.05, 3.63) is 51.6 Å². The van der Waals surface area contributed by atoms with E-state index in [-0.39, 0.29) is 5.02 Å². The lowest BCUT2D eigenvalue weighted by Gasteiger charge is -2.15. The number of rotatable bonds is 4. The molecule has 20 heavy (non-hydrogen) atoms. The molecule has 1 aromatic heterocycles. The lowest BCUT2D eigenvalue weighted by Crippen LogP contribution is -2.24. The van der Waals surface area contributed by atoms with E-state index in [1.165, 1.54) is 12.1 Å². The van der Waals surface area contributed by atoms with Gasteiger partial charge in [-0.15, -0.1) is 0 Å². The largest absolute Gasteiger partial charge is 0.369 e. The fraction of sp³-hybridized carbons (Fsp3) is 0.286. The van der Waals surface area contributed by atoms with Crippen LogP contribution in [0.5, 0.6) is 0 Å². The van der Waals surface area contributed by atoms with Crippen molar-refractivity contribution in [2.75, 3.05) is 0 Å². The summed E-state index contributed by atoms with van der Waals surface area (Å²) in [6.45, 7) is 3.64. The van der Waals surface area contributed by atoms with E-state index in [0.717, 1.165) is 17.0 Å². The molecule has 1 aromatic carbocycles. The van der Waals surface area contributed by atoms with Crippen LogP contribution >= 0.6 is 11.6 Å². The predicted molar refractivity (Wildman–Crippen MR) is 75.1 cm³/mol. The monoisotopic (exact) mass is 295 g/mol. The van der Waals surface area contributed by atoms with Crippen LogP contribution in [0.3, 0.4) is 0 Å². The lowest BCUT2D eigenvalue weighted by atomic mass is 9.90. The SMILES string of the molecule is Cc1n[nH]c(C)c1C(Cc1ccc(F)cc1Cl)C(N)=O. The third-order valence-corrected chi connectivity index (χ3v) is 3.67. The molecule has 2 aromatic rings. The van der Waals surface area contributed by atoms with Gasteiger partial charge in [-0.1, -0.05) is 17.7 Å². The van der Waals surface area contributed by atoms with Gasteiger partial charge < -0.3 is 5.73 Å². The van der Waals surface area contributed by atoms with E-state index in [1.54, 1.807) is 13.0 Å². The van der Waals surface area contributed by atoms with Gasteiger partial charge in [0.2, 0.25) is 5.91 Å². The summed E-state index contributed by atoms with van der Waals surface area (Å²) < 4.78 is 13.1. The molecule has 1 heterocycles. The number of amides is 1. The van der Waals surface area contributed by atoms with Crippen molar-refractivity contribution >= 4 is 17.5 Å². The molecule has 106 valence electrons. The van der Waals surface area contributed by atoms with Crippen LogP contribution in [0.1, 0.15) is 28.4 Å². The van der Waals surface area contributed by atoms with Gasteiger partial charge in [0, 0.05) is 16.3 Å². The number of hydrogen-bond acceptors (Lipinski definition) is 2. The van der Waals surface area contributed by atoms with Crippen molar-refractivity contribution in [3.8, 4) is 0 Å². The highest BCUT2D eigenvalue weighted by Gasteiger charge is 2.25. The highest BCUT2D eigenvalue weighted by Crippen LogP contribution is 2.28. The van der Waals surface area contributed by atoms with Gasteiger partial charge in [0.25, 0.3) is 0 Å². The van der Waals surface area contributed by atoms with E-state index < -0.39 is 17.6 Å². The average molecular weight is 296 g/mol. The Kier molecular flexibility index (Phi) is 4.09. The minimum atomic E-state index is -0.545. The van der Waals surface area contributed by atoms with Crippen LogP contribution in [-0.4, -0.2) is 16.1 Å². The summed E-state index contributed by atoms with van der Waals surface area (Å²) in [6.07, 6.45) is 0.315. The summed E-state index contributed by atoms with van der Waals surface area (Å²) in [6, 6.07) is 4.11. The number of carbonyl (C=O) groups excluding carboxylic acids is 1. The van der Waals surface area contributed by atoms with E-state index in [4.69, 9.17) is 17.3 Å². The first-order chi connectivity index (χ1) is 9.40. The van der Waals surface area contributed by atoms with Crippen molar-refractivity contribution in [1.82, 2.24) is 10.2 Å². The molecule has 1 unspecified atom stereocenters. The summed E-state index contributed by atoms with van der Waals surface area (Å²) in [5, 5.41) is 7.19. The van der Waals surface area contributed by atoms with Gasteiger partial charge in [0.15, 0.2) is 0 Å². The Labute approximate surface area is 121 Å². The molecule has 2 rings (SSSR count). The molecule has 0 saturated heterocycles. The molecule has 0 aliphatic heterocycles. The molecule has 0 aliphatic carbocycles. The van der Waals surface area contributed by atoms with E-state index in [2.05, 4.69) is 10.2 Å². The number of nitrogens with zero attached hydrogens (tertiary/aromatic N) is 1. The number of nitrogens with one attached hydrogen (secondary N) is 1. The number of aromatic amines is 1. The Morgan fingerprint density at radius 2 is 2.20 bits per heavy atom. The molecule has 0 saturated carbocycles. The number of hydrogen-bond donors (Lipinski definition) is 2. The molecule has 6 heteroatoms. The highest BCUT2D eigenvalue weighted by molar-refractivity contribution is 6.31. The molecule has 3 N–H and O–H groups in total. The van der Waals surface area contributed by atoms with Gasteiger partial charge >= 0.3 is 0 Å². The topological polar surface area (TPSA) is 71.8 Å². The van der Waals surface area contributed by atoms with Crippen molar-refractivity contribution in [2.24, 2.45) is 5.73 Å². The number of benzene rings is 1. The number of aryl methyl sites for hydroxylation is 2. The molecule has 4 nitrogen and oxygen atoms in total.